The second-order valence-electron chi connectivity index (χ2n) is 4.73. The van der Waals surface area contributed by atoms with Crippen molar-refractivity contribution in [2.75, 3.05) is 0 Å². The number of ether oxygens (including phenoxy) is 1. The molecule has 0 spiro atoms. The minimum absolute atomic E-state index is 0.202. The minimum Gasteiger partial charge on any atom is -0.474 e. The van der Waals surface area contributed by atoms with Gasteiger partial charge in [0.1, 0.15) is 5.56 Å². The number of hydrogen-bond acceptors (Lipinski definition) is 6. The van der Waals surface area contributed by atoms with Crippen molar-refractivity contribution in [3.05, 3.63) is 40.1 Å². The van der Waals surface area contributed by atoms with Crippen LogP contribution in [0.5, 0.6) is 5.88 Å². The number of carbonyl (C=O) groups excluding carboxylic acids is 1. The van der Waals surface area contributed by atoms with Gasteiger partial charge in [-0.05, 0) is 19.8 Å². The van der Waals surface area contributed by atoms with Crippen LogP contribution < -0.4 is 16.0 Å². The monoisotopic (exact) mass is 348 g/mol. The van der Waals surface area contributed by atoms with Crippen molar-refractivity contribution in [3.63, 3.8) is 0 Å². The van der Waals surface area contributed by atoms with E-state index in [2.05, 4.69) is 11.6 Å². The lowest BCUT2D eigenvalue weighted by molar-refractivity contribution is -0.385. The van der Waals surface area contributed by atoms with Crippen molar-refractivity contribution in [1.29, 1.82) is 0 Å². The highest BCUT2D eigenvalue weighted by Crippen LogP contribution is 2.38. The van der Waals surface area contributed by atoms with Crippen LogP contribution in [0.15, 0.2) is 18.7 Å². The van der Waals surface area contributed by atoms with Crippen molar-refractivity contribution in [3.8, 4) is 5.88 Å². The lowest BCUT2D eigenvalue weighted by Gasteiger charge is -2.18. The molecule has 1 atom stereocenters. The maximum atomic E-state index is 13.1. The number of nitrogens with two attached hydrogens (primary N) is 1. The van der Waals surface area contributed by atoms with Gasteiger partial charge in [0.25, 0.3) is 5.91 Å². The highest BCUT2D eigenvalue weighted by Gasteiger charge is 2.40. The third-order valence-electron chi connectivity index (χ3n) is 2.91. The molecule has 0 aliphatic rings. The Labute approximate surface area is 134 Å². The molecule has 1 heterocycles. The van der Waals surface area contributed by atoms with Crippen LogP contribution in [0.4, 0.5) is 18.9 Å². The third-order valence-corrected chi connectivity index (χ3v) is 2.91. The van der Waals surface area contributed by atoms with Crippen LogP contribution in [0.1, 0.15) is 35.8 Å². The molecule has 0 saturated carbocycles. The number of amides is 1. The summed E-state index contributed by atoms with van der Waals surface area (Å²) < 4.78 is 44.5. The van der Waals surface area contributed by atoms with Crippen molar-refractivity contribution in [2.45, 2.75) is 32.0 Å². The summed E-state index contributed by atoms with van der Waals surface area (Å²) >= 11 is 0. The lowest BCUT2D eigenvalue weighted by Crippen LogP contribution is -2.32. The standard InChI is InChI=1S/C13H15F3N4O4/c1-3-4-5-7(2)24-12-8(13(14,15)16)6-9(20(22)23)10(18-12)11(21)19-17/h3,6-7H,1,4-5,17H2,2H3,(H,19,21)/t7-/m1/s1. The van der Waals surface area contributed by atoms with Gasteiger partial charge in [0, 0.05) is 6.07 Å². The molecule has 8 nitrogen and oxygen atoms in total. The molecule has 132 valence electrons. The molecule has 3 N–H and O–H groups in total. The predicted molar refractivity (Wildman–Crippen MR) is 77.1 cm³/mol. The van der Waals surface area contributed by atoms with E-state index < -0.39 is 45.9 Å². The molecule has 0 radical (unpaired) electrons. The summed E-state index contributed by atoms with van der Waals surface area (Å²) in [5.41, 5.74) is -1.86. The molecule has 11 heteroatoms. The van der Waals surface area contributed by atoms with Gasteiger partial charge in [0.15, 0.2) is 0 Å². The first-order valence-electron chi connectivity index (χ1n) is 6.66. The van der Waals surface area contributed by atoms with E-state index in [1.165, 1.54) is 6.92 Å². The third kappa shape index (κ3) is 4.65. The van der Waals surface area contributed by atoms with Crippen LogP contribution in [-0.4, -0.2) is 21.9 Å². The maximum absolute atomic E-state index is 13.1. The number of allylic oxidation sites excluding steroid dienone is 1. The van der Waals surface area contributed by atoms with Gasteiger partial charge in [-0.1, -0.05) is 6.08 Å². The first-order chi connectivity index (χ1) is 11.1. The number of carbonyl (C=O) groups is 1. The van der Waals surface area contributed by atoms with Crippen LogP contribution in [0.2, 0.25) is 0 Å². The molecule has 1 amide bonds. The average molecular weight is 348 g/mol. The largest absolute Gasteiger partial charge is 0.474 e. The predicted octanol–water partition coefficient (Wildman–Crippen LogP) is 2.35. The van der Waals surface area contributed by atoms with E-state index in [0.717, 1.165) is 0 Å². The summed E-state index contributed by atoms with van der Waals surface area (Å²) in [6, 6.07) is 0.202. The fraction of sp³-hybridized carbons (Fsp3) is 0.385. The lowest BCUT2D eigenvalue weighted by atomic mass is 10.2. The molecule has 0 bridgehead atoms. The minimum atomic E-state index is -4.96. The van der Waals surface area contributed by atoms with Crippen molar-refractivity contribution in [2.24, 2.45) is 5.84 Å². The van der Waals surface area contributed by atoms with Gasteiger partial charge in [-0.3, -0.25) is 20.3 Å². The van der Waals surface area contributed by atoms with E-state index in [1.54, 1.807) is 11.5 Å². The number of hydrazine groups is 1. The number of nitro groups is 1. The number of aromatic nitrogens is 1. The Morgan fingerprint density at radius 1 is 1.62 bits per heavy atom. The number of hydrogen-bond donors (Lipinski definition) is 2. The maximum Gasteiger partial charge on any atom is 0.421 e. The van der Waals surface area contributed by atoms with Gasteiger partial charge in [-0.2, -0.15) is 13.2 Å². The van der Waals surface area contributed by atoms with Gasteiger partial charge in [-0.25, -0.2) is 10.8 Å². The second kappa shape index (κ2) is 7.73. The molecule has 1 rings (SSSR count). The number of nitrogens with zero attached hydrogens (tertiary/aromatic N) is 2. The van der Waals surface area contributed by atoms with Gasteiger partial charge in [0.2, 0.25) is 11.6 Å². The fourth-order valence-corrected chi connectivity index (χ4v) is 1.76. The molecular weight excluding hydrogens is 333 g/mol. The van der Waals surface area contributed by atoms with Crippen molar-refractivity contribution < 1.29 is 27.6 Å². The molecule has 0 aromatic carbocycles. The molecule has 0 aliphatic carbocycles. The first-order valence-corrected chi connectivity index (χ1v) is 6.66. The Morgan fingerprint density at radius 2 is 2.25 bits per heavy atom. The molecule has 1 aromatic rings. The fourth-order valence-electron chi connectivity index (χ4n) is 1.76. The number of pyridine rings is 1. The number of rotatable bonds is 7. The van der Waals surface area contributed by atoms with Gasteiger partial charge >= 0.3 is 11.9 Å². The molecule has 0 saturated heterocycles. The number of nitrogens with one attached hydrogen (secondary N) is 1. The highest BCUT2D eigenvalue weighted by atomic mass is 19.4. The first kappa shape index (κ1) is 19.4. The summed E-state index contributed by atoms with van der Waals surface area (Å²) in [5.74, 6) is 2.74. The Bertz CT molecular complexity index is 649. The molecule has 24 heavy (non-hydrogen) atoms. The SMILES string of the molecule is C=CCC[C@@H](C)Oc1nc(C(=O)NN)c([N+](=O)[O-])cc1C(F)(F)F. The van der Waals surface area contributed by atoms with E-state index in [0.29, 0.717) is 12.8 Å². The summed E-state index contributed by atoms with van der Waals surface area (Å²) in [4.78, 5) is 24.7. The quantitative estimate of drug-likeness (QED) is 0.256. The van der Waals surface area contributed by atoms with Gasteiger partial charge < -0.3 is 4.74 Å². The average Bonchev–Trinajstić information content (AvgIpc) is 2.50. The van der Waals surface area contributed by atoms with E-state index >= 15 is 0 Å². The molecule has 0 aliphatic heterocycles. The van der Waals surface area contributed by atoms with Gasteiger partial charge in [0.05, 0.1) is 11.0 Å². The molecular formula is C13H15F3N4O4. The zero-order valence-corrected chi connectivity index (χ0v) is 12.6. The Morgan fingerprint density at radius 3 is 2.71 bits per heavy atom. The van der Waals surface area contributed by atoms with Crippen LogP contribution in [0.3, 0.4) is 0 Å². The second-order valence-corrected chi connectivity index (χ2v) is 4.73. The molecule has 0 fully saturated rings. The zero-order chi connectivity index (χ0) is 18.5. The summed E-state index contributed by atoms with van der Waals surface area (Å²) in [7, 11) is 0. The summed E-state index contributed by atoms with van der Waals surface area (Å²) in [5, 5.41) is 10.9. The summed E-state index contributed by atoms with van der Waals surface area (Å²) in [6.07, 6.45) is -3.26. The smallest absolute Gasteiger partial charge is 0.421 e. The molecule has 0 unspecified atom stereocenters. The van der Waals surface area contributed by atoms with Gasteiger partial charge in [-0.15, -0.1) is 6.58 Å². The normalized spacial score (nSPS) is 12.4. The Hall–Kier alpha value is -2.69. The Balaban J connectivity index is 3.45. The van der Waals surface area contributed by atoms with Crippen molar-refractivity contribution in [1.82, 2.24) is 10.4 Å². The summed E-state index contributed by atoms with van der Waals surface area (Å²) in [6.45, 7) is 4.98. The number of halogens is 3. The Kier molecular flexibility index (Phi) is 6.23. The van der Waals surface area contributed by atoms with Crippen LogP contribution in [0.25, 0.3) is 0 Å². The van der Waals surface area contributed by atoms with E-state index in [-0.39, 0.29) is 6.07 Å². The highest BCUT2D eigenvalue weighted by molar-refractivity contribution is 5.96. The van der Waals surface area contributed by atoms with Crippen molar-refractivity contribution >= 4 is 11.6 Å². The van der Waals surface area contributed by atoms with Crippen LogP contribution in [-0.2, 0) is 6.18 Å². The van der Waals surface area contributed by atoms with E-state index in [9.17, 15) is 28.1 Å². The zero-order valence-electron chi connectivity index (χ0n) is 12.6. The number of alkyl halides is 3. The van der Waals surface area contributed by atoms with E-state index in [1.807, 2.05) is 0 Å². The molecule has 1 aromatic heterocycles. The number of nitrogen functional groups attached to an aromatic ring is 1. The van der Waals surface area contributed by atoms with E-state index in [4.69, 9.17) is 10.6 Å². The van der Waals surface area contributed by atoms with Crippen LogP contribution in [0, 0.1) is 10.1 Å². The topological polar surface area (TPSA) is 120 Å². The van der Waals surface area contributed by atoms with Crippen LogP contribution >= 0.6 is 0 Å².